The molecule has 1 rings (SSSR count). The Morgan fingerprint density at radius 2 is 1.95 bits per heavy atom. The van der Waals surface area contributed by atoms with Gasteiger partial charge in [0.25, 0.3) is 0 Å². The topological polar surface area (TPSA) is 46.2 Å². The van der Waals surface area contributed by atoms with Gasteiger partial charge in [-0.2, -0.15) is 13.2 Å². The second-order valence-electron chi connectivity index (χ2n) is 4.07. The summed E-state index contributed by atoms with van der Waals surface area (Å²) in [6.45, 7) is 3.36. The Balaban J connectivity index is 3.26. The van der Waals surface area contributed by atoms with Gasteiger partial charge in [-0.05, 0) is 31.5 Å². The highest BCUT2D eigenvalue weighted by molar-refractivity contribution is 7.89. The molecule has 0 heterocycles. The molecule has 0 aliphatic heterocycles. The lowest BCUT2D eigenvalue weighted by Gasteiger charge is -2.14. The summed E-state index contributed by atoms with van der Waals surface area (Å²) >= 11 is 5.67. The molecule has 1 N–H and O–H groups in total. The van der Waals surface area contributed by atoms with Crippen LogP contribution in [0.2, 0.25) is 5.02 Å². The van der Waals surface area contributed by atoms with Gasteiger partial charge in [0.05, 0.1) is 10.6 Å². The lowest BCUT2D eigenvalue weighted by molar-refractivity contribution is -0.137. The number of sulfonamides is 1. The van der Waals surface area contributed by atoms with Gasteiger partial charge in [-0.15, -0.1) is 0 Å². The molecule has 1 aromatic rings. The summed E-state index contributed by atoms with van der Waals surface area (Å²) in [5.41, 5.74) is -1.05. The number of nitrogens with one attached hydrogen (secondary N) is 1. The second kappa shape index (κ2) is 5.68. The van der Waals surface area contributed by atoms with Crippen LogP contribution in [0.25, 0.3) is 0 Å². The van der Waals surface area contributed by atoms with Crippen LogP contribution < -0.4 is 4.72 Å². The Kier molecular flexibility index (Phi) is 4.86. The first kappa shape index (κ1) is 16.3. The predicted octanol–water partition coefficient (Wildman–Crippen LogP) is 3.44. The molecule has 8 heteroatoms. The Hall–Kier alpha value is -0.790. The summed E-state index contributed by atoms with van der Waals surface area (Å²) in [5, 5.41) is -0.246. The van der Waals surface area contributed by atoms with Gasteiger partial charge in [-0.25, -0.2) is 13.1 Å². The number of hydrogen-bond donors (Lipinski definition) is 1. The molecule has 0 bridgehead atoms. The van der Waals surface area contributed by atoms with E-state index in [1.807, 2.05) is 0 Å². The SMILES string of the molecule is CCC(C)NS(=O)(=O)c1cc(C(F)(F)F)ccc1Cl. The second-order valence-corrected chi connectivity index (χ2v) is 6.16. The Morgan fingerprint density at radius 1 is 1.37 bits per heavy atom. The molecular formula is C11H13ClF3NO2S. The molecule has 1 aromatic carbocycles. The third kappa shape index (κ3) is 4.09. The van der Waals surface area contributed by atoms with E-state index >= 15 is 0 Å². The van der Waals surface area contributed by atoms with Crippen molar-refractivity contribution in [3.05, 3.63) is 28.8 Å². The highest BCUT2D eigenvalue weighted by Gasteiger charge is 2.32. The van der Waals surface area contributed by atoms with E-state index < -0.39 is 32.7 Å². The fraction of sp³-hybridized carbons (Fsp3) is 0.455. The summed E-state index contributed by atoms with van der Waals surface area (Å²) in [7, 11) is -4.07. The average molecular weight is 316 g/mol. The Labute approximate surface area is 114 Å². The minimum atomic E-state index is -4.62. The lowest BCUT2D eigenvalue weighted by Crippen LogP contribution is -2.32. The normalized spacial score (nSPS) is 14.4. The summed E-state index contributed by atoms with van der Waals surface area (Å²) in [6, 6.07) is 1.81. The molecule has 0 fully saturated rings. The van der Waals surface area contributed by atoms with Gasteiger partial charge in [0.15, 0.2) is 0 Å². The van der Waals surface area contributed by atoms with Crippen LogP contribution in [0.1, 0.15) is 25.8 Å². The molecule has 0 amide bonds. The van der Waals surface area contributed by atoms with Crippen molar-refractivity contribution >= 4 is 21.6 Å². The van der Waals surface area contributed by atoms with Gasteiger partial charge in [0, 0.05) is 6.04 Å². The van der Waals surface area contributed by atoms with Crippen LogP contribution in [0.3, 0.4) is 0 Å². The van der Waals surface area contributed by atoms with E-state index in [0.29, 0.717) is 12.5 Å². The fourth-order valence-electron chi connectivity index (χ4n) is 1.30. The largest absolute Gasteiger partial charge is 0.416 e. The van der Waals surface area contributed by atoms with Crippen LogP contribution in [-0.2, 0) is 16.2 Å². The van der Waals surface area contributed by atoms with E-state index in [4.69, 9.17) is 11.6 Å². The Morgan fingerprint density at radius 3 is 2.42 bits per heavy atom. The smallest absolute Gasteiger partial charge is 0.208 e. The van der Waals surface area contributed by atoms with Crippen LogP contribution in [0.4, 0.5) is 13.2 Å². The van der Waals surface area contributed by atoms with Crippen LogP contribution in [0, 0.1) is 0 Å². The Bertz CT molecular complexity index is 558. The van der Waals surface area contributed by atoms with Gasteiger partial charge in [0.2, 0.25) is 10.0 Å². The van der Waals surface area contributed by atoms with Gasteiger partial charge < -0.3 is 0 Å². The maximum atomic E-state index is 12.6. The van der Waals surface area contributed by atoms with Crippen molar-refractivity contribution in [2.45, 2.75) is 37.4 Å². The number of alkyl halides is 3. The molecule has 0 aromatic heterocycles. The van der Waals surface area contributed by atoms with E-state index in [9.17, 15) is 21.6 Å². The van der Waals surface area contributed by atoms with Crippen molar-refractivity contribution in [1.82, 2.24) is 4.72 Å². The molecule has 0 saturated heterocycles. The zero-order chi connectivity index (χ0) is 14.8. The van der Waals surface area contributed by atoms with E-state index in [1.165, 1.54) is 0 Å². The van der Waals surface area contributed by atoms with Crippen LogP contribution >= 0.6 is 11.6 Å². The van der Waals surface area contributed by atoms with Crippen molar-refractivity contribution in [3.8, 4) is 0 Å². The third-order valence-corrected chi connectivity index (χ3v) is 4.59. The molecular weight excluding hydrogens is 303 g/mol. The van der Waals surface area contributed by atoms with Crippen LogP contribution in [0.15, 0.2) is 23.1 Å². The minimum Gasteiger partial charge on any atom is -0.208 e. The van der Waals surface area contributed by atoms with Crippen molar-refractivity contribution in [2.75, 3.05) is 0 Å². The molecule has 0 saturated carbocycles. The molecule has 0 spiro atoms. The highest BCUT2D eigenvalue weighted by atomic mass is 35.5. The summed E-state index contributed by atoms with van der Waals surface area (Å²) in [4.78, 5) is -0.565. The number of benzene rings is 1. The van der Waals surface area contributed by atoms with Gasteiger partial charge in [0.1, 0.15) is 4.90 Å². The fourth-order valence-corrected chi connectivity index (χ4v) is 3.15. The first-order valence-electron chi connectivity index (χ1n) is 5.47. The zero-order valence-corrected chi connectivity index (χ0v) is 11.8. The van der Waals surface area contributed by atoms with Crippen molar-refractivity contribution < 1.29 is 21.6 Å². The highest BCUT2D eigenvalue weighted by Crippen LogP contribution is 2.33. The van der Waals surface area contributed by atoms with Crippen LogP contribution in [-0.4, -0.2) is 14.5 Å². The van der Waals surface area contributed by atoms with E-state index in [1.54, 1.807) is 13.8 Å². The summed E-state index contributed by atoms with van der Waals surface area (Å²) < 4.78 is 63.8. The van der Waals surface area contributed by atoms with Gasteiger partial charge in [-0.1, -0.05) is 18.5 Å². The monoisotopic (exact) mass is 315 g/mol. The first-order chi connectivity index (χ1) is 8.58. The van der Waals surface area contributed by atoms with Crippen molar-refractivity contribution in [2.24, 2.45) is 0 Å². The zero-order valence-electron chi connectivity index (χ0n) is 10.3. The quantitative estimate of drug-likeness (QED) is 0.925. The van der Waals surface area contributed by atoms with E-state index in [0.717, 1.165) is 12.1 Å². The maximum absolute atomic E-state index is 12.6. The van der Waals surface area contributed by atoms with Gasteiger partial charge in [-0.3, -0.25) is 0 Å². The van der Waals surface area contributed by atoms with E-state index in [2.05, 4.69) is 4.72 Å². The average Bonchev–Trinajstić information content (AvgIpc) is 2.26. The van der Waals surface area contributed by atoms with Crippen LogP contribution in [0.5, 0.6) is 0 Å². The molecule has 3 nitrogen and oxygen atoms in total. The molecule has 108 valence electrons. The number of hydrogen-bond acceptors (Lipinski definition) is 2. The van der Waals surface area contributed by atoms with Gasteiger partial charge >= 0.3 is 6.18 Å². The molecule has 1 unspecified atom stereocenters. The summed E-state index contributed by atoms with van der Waals surface area (Å²) in [5.74, 6) is 0. The van der Waals surface area contributed by atoms with E-state index in [-0.39, 0.29) is 5.02 Å². The minimum absolute atomic E-state index is 0.246. The number of halogens is 4. The third-order valence-electron chi connectivity index (χ3n) is 2.52. The molecule has 1 atom stereocenters. The molecule has 19 heavy (non-hydrogen) atoms. The lowest BCUT2D eigenvalue weighted by atomic mass is 10.2. The standard InChI is InChI=1S/C11H13ClF3NO2S/c1-3-7(2)16-19(17,18)10-6-8(11(13,14)15)4-5-9(10)12/h4-7,16H,3H2,1-2H3. The molecule has 0 aliphatic carbocycles. The molecule has 0 aliphatic rings. The first-order valence-corrected chi connectivity index (χ1v) is 7.33. The maximum Gasteiger partial charge on any atom is 0.416 e. The van der Waals surface area contributed by atoms with Crippen molar-refractivity contribution in [3.63, 3.8) is 0 Å². The summed E-state index contributed by atoms with van der Waals surface area (Å²) in [6.07, 6.45) is -4.11. The molecule has 0 radical (unpaired) electrons. The number of rotatable bonds is 4. The van der Waals surface area contributed by atoms with Crippen molar-refractivity contribution in [1.29, 1.82) is 0 Å². The predicted molar refractivity (Wildman–Crippen MR) is 66.5 cm³/mol.